The molecule has 3 heteroatoms. The topological polar surface area (TPSA) is 20.2 Å². The lowest BCUT2D eigenvalue weighted by Crippen LogP contribution is -2.37. The lowest BCUT2D eigenvalue weighted by molar-refractivity contribution is -0.0147. The maximum Gasteiger partial charge on any atom is 0.124 e. The number of benzene rings is 1. The van der Waals surface area contributed by atoms with Gasteiger partial charge >= 0.3 is 0 Å². The summed E-state index contributed by atoms with van der Waals surface area (Å²) in [5.41, 5.74) is 0.373. The second kappa shape index (κ2) is 5.92. The van der Waals surface area contributed by atoms with E-state index in [1.165, 1.54) is 12.1 Å². The van der Waals surface area contributed by atoms with Gasteiger partial charge in [-0.15, -0.1) is 0 Å². The van der Waals surface area contributed by atoms with Gasteiger partial charge < -0.3 is 5.11 Å². The van der Waals surface area contributed by atoms with Crippen molar-refractivity contribution < 1.29 is 9.50 Å². The maximum absolute atomic E-state index is 13.1. The Balaban J connectivity index is 2.03. The average Bonchev–Trinajstić information content (AvgIpc) is 2.33. The van der Waals surface area contributed by atoms with Crippen molar-refractivity contribution in [2.45, 2.75) is 51.6 Å². The molecule has 1 aromatic rings. The first-order valence-electron chi connectivity index (χ1n) is 7.06. The molecule has 0 unspecified atom stereocenters. The highest BCUT2D eigenvalue weighted by Gasteiger charge is 2.34. The molecule has 0 atom stereocenters. The lowest BCUT2D eigenvalue weighted by atomic mass is 9.72. The van der Waals surface area contributed by atoms with Crippen LogP contribution in [0.25, 0.3) is 0 Å². The molecule has 106 valence electrons. The van der Waals surface area contributed by atoms with Crippen LogP contribution in [0.1, 0.15) is 45.1 Å². The molecule has 0 aromatic heterocycles. The zero-order valence-electron chi connectivity index (χ0n) is 11.6. The number of hydrogen-bond donors (Lipinski definition) is 1. The van der Waals surface area contributed by atoms with Gasteiger partial charge in [0, 0.05) is 10.9 Å². The van der Waals surface area contributed by atoms with E-state index in [2.05, 4.69) is 29.8 Å². The molecule has 1 nitrogen and oxygen atoms in total. The van der Waals surface area contributed by atoms with Crippen LogP contribution < -0.4 is 0 Å². The Bertz CT molecular complexity index is 436. The van der Waals surface area contributed by atoms with Crippen molar-refractivity contribution in [3.8, 4) is 0 Å². The fourth-order valence-electron chi connectivity index (χ4n) is 3.04. The third-order valence-corrected chi connectivity index (χ3v) is 5.18. The van der Waals surface area contributed by atoms with Gasteiger partial charge in [-0.2, -0.15) is 0 Å². The predicted molar refractivity (Wildman–Crippen MR) is 79.5 cm³/mol. The van der Waals surface area contributed by atoms with Gasteiger partial charge in [-0.05, 0) is 55.2 Å². The average molecular weight is 329 g/mol. The Morgan fingerprint density at radius 2 is 2.00 bits per heavy atom. The molecular formula is C16H22BrFO. The minimum absolute atomic E-state index is 0.244. The van der Waals surface area contributed by atoms with Gasteiger partial charge in [0.15, 0.2) is 0 Å². The van der Waals surface area contributed by atoms with E-state index in [-0.39, 0.29) is 5.82 Å². The van der Waals surface area contributed by atoms with E-state index in [1.54, 1.807) is 6.07 Å². The van der Waals surface area contributed by atoms with E-state index in [0.717, 1.165) is 41.6 Å². The van der Waals surface area contributed by atoms with Gasteiger partial charge in [0.1, 0.15) is 5.82 Å². The third kappa shape index (κ3) is 3.79. The van der Waals surface area contributed by atoms with Gasteiger partial charge in [-0.3, -0.25) is 0 Å². The molecule has 0 bridgehead atoms. The summed E-state index contributed by atoms with van der Waals surface area (Å²) < 4.78 is 13.8. The van der Waals surface area contributed by atoms with Crippen molar-refractivity contribution in [2.75, 3.05) is 0 Å². The summed E-state index contributed by atoms with van der Waals surface area (Å²) in [6.45, 7) is 4.51. The lowest BCUT2D eigenvalue weighted by Gasteiger charge is -2.37. The van der Waals surface area contributed by atoms with E-state index in [9.17, 15) is 9.50 Å². The summed E-state index contributed by atoms with van der Waals surface area (Å²) in [4.78, 5) is 0. The van der Waals surface area contributed by atoms with E-state index in [4.69, 9.17) is 0 Å². The summed E-state index contributed by atoms with van der Waals surface area (Å²) in [6.07, 6.45) is 4.48. The van der Waals surface area contributed by atoms with E-state index < -0.39 is 5.60 Å². The molecule has 1 aromatic carbocycles. The van der Waals surface area contributed by atoms with Gasteiger partial charge in [-0.1, -0.05) is 35.8 Å². The van der Waals surface area contributed by atoms with Crippen molar-refractivity contribution in [1.29, 1.82) is 0 Å². The second-order valence-corrected chi connectivity index (χ2v) is 7.07. The summed E-state index contributed by atoms with van der Waals surface area (Å²) >= 11 is 3.38. The number of halogens is 2. The maximum atomic E-state index is 13.1. The first kappa shape index (κ1) is 15.0. The molecule has 19 heavy (non-hydrogen) atoms. The third-order valence-electron chi connectivity index (χ3n) is 4.44. The molecule has 1 saturated carbocycles. The van der Waals surface area contributed by atoms with Crippen molar-refractivity contribution in [3.05, 3.63) is 34.1 Å². The first-order chi connectivity index (χ1) is 8.89. The van der Waals surface area contributed by atoms with Crippen LogP contribution in [0.2, 0.25) is 0 Å². The van der Waals surface area contributed by atoms with Crippen molar-refractivity contribution >= 4 is 15.9 Å². The van der Waals surface area contributed by atoms with E-state index >= 15 is 0 Å². The van der Waals surface area contributed by atoms with Crippen LogP contribution in [0.15, 0.2) is 22.7 Å². The quantitative estimate of drug-likeness (QED) is 0.852. The van der Waals surface area contributed by atoms with Gasteiger partial charge in [0.2, 0.25) is 0 Å². The molecule has 0 heterocycles. The van der Waals surface area contributed by atoms with Gasteiger partial charge in [0.25, 0.3) is 0 Å². The van der Waals surface area contributed by atoms with Crippen LogP contribution in [0.4, 0.5) is 4.39 Å². The molecule has 1 aliphatic rings. The van der Waals surface area contributed by atoms with E-state index in [0.29, 0.717) is 12.3 Å². The monoisotopic (exact) mass is 328 g/mol. The Morgan fingerprint density at radius 3 is 2.53 bits per heavy atom. The fraction of sp³-hybridized carbons (Fsp3) is 0.625. The fourth-order valence-corrected chi connectivity index (χ4v) is 3.53. The summed E-state index contributed by atoms with van der Waals surface area (Å²) in [5, 5.41) is 10.7. The Kier molecular flexibility index (Phi) is 4.67. The smallest absolute Gasteiger partial charge is 0.124 e. The molecule has 1 N–H and O–H groups in total. The van der Waals surface area contributed by atoms with Crippen LogP contribution in [-0.2, 0) is 6.42 Å². The van der Waals surface area contributed by atoms with Crippen LogP contribution >= 0.6 is 15.9 Å². The molecule has 0 aliphatic heterocycles. The van der Waals surface area contributed by atoms with E-state index in [1.807, 2.05) is 0 Å². The molecule has 2 rings (SSSR count). The second-order valence-electron chi connectivity index (χ2n) is 6.22. The number of aliphatic hydroxyl groups is 1. The predicted octanol–water partition coefficient (Wildman–Crippen LogP) is 4.71. The molecule has 1 fully saturated rings. The first-order valence-corrected chi connectivity index (χ1v) is 7.85. The molecule has 0 spiro atoms. The Labute approximate surface area is 123 Å². The Morgan fingerprint density at radius 1 is 1.37 bits per heavy atom. The summed E-state index contributed by atoms with van der Waals surface area (Å²) in [6, 6.07) is 4.70. The largest absolute Gasteiger partial charge is 0.390 e. The van der Waals surface area contributed by atoms with Gasteiger partial charge in [-0.25, -0.2) is 4.39 Å². The van der Waals surface area contributed by atoms with Gasteiger partial charge in [0.05, 0.1) is 5.60 Å². The van der Waals surface area contributed by atoms with Crippen LogP contribution in [-0.4, -0.2) is 10.7 Å². The van der Waals surface area contributed by atoms with Crippen molar-refractivity contribution in [2.24, 2.45) is 11.8 Å². The zero-order valence-corrected chi connectivity index (χ0v) is 13.2. The standard InChI is InChI=1S/C16H22BrFO/c1-11(2)12-5-7-16(19,8-6-12)10-13-3-4-14(18)9-15(13)17/h3-4,9,11-12,19H,5-8,10H2,1-2H3. The van der Waals surface area contributed by atoms with Crippen LogP contribution in [0, 0.1) is 17.7 Å². The van der Waals surface area contributed by atoms with Crippen LogP contribution in [0.5, 0.6) is 0 Å². The molecule has 0 radical (unpaired) electrons. The molecule has 0 saturated heterocycles. The highest BCUT2D eigenvalue weighted by Crippen LogP contribution is 2.38. The number of rotatable bonds is 3. The summed E-state index contributed by atoms with van der Waals surface area (Å²) in [5.74, 6) is 1.19. The Hall–Kier alpha value is -0.410. The SMILES string of the molecule is CC(C)C1CCC(O)(Cc2ccc(F)cc2Br)CC1. The minimum Gasteiger partial charge on any atom is -0.390 e. The van der Waals surface area contributed by atoms with Crippen molar-refractivity contribution in [3.63, 3.8) is 0 Å². The molecule has 1 aliphatic carbocycles. The minimum atomic E-state index is -0.619. The normalized spacial score (nSPS) is 27.8. The van der Waals surface area contributed by atoms with Crippen LogP contribution in [0.3, 0.4) is 0 Å². The zero-order chi connectivity index (χ0) is 14.0. The summed E-state index contributed by atoms with van der Waals surface area (Å²) in [7, 11) is 0. The highest BCUT2D eigenvalue weighted by atomic mass is 79.9. The highest BCUT2D eigenvalue weighted by molar-refractivity contribution is 9.10. The number of hydrogen-bond acceptors (Lipinski definition) is 1. The van der Waals surface area contributed by atoms with Crippen molar-refractivity contribution in [1.82, 2.24) is 0 Å². The molecule has 0 amide bonds. The molecular weight excluding hydrogens is 307 g/mol.